The molecule has 1 N–H and O–H groups in total. The molecular weight excluding hydrogens is 355 g/mol. The Labute approximate surface area is 147 Å². The first-order valence-corrected chi connectivity index (χ1v) is 8.27. The molecule has 2 aromatic heterocycles. The third-order valence-electron chi connectivity index (χ3n) is 3.14. The summed E-state index contributed by atoms with van der Waals surface area (Å²) in [5, 5.41) is 8.65. The van der Waals surface area contributed by atoms with Crippen molar-refractivity contribution in [3.05, 3.63) is 58.0 Å². The predicted molar refractivity (Wildman–Crippen MR) is 92.8 cm³/mol. The molecule has 2 heterocycles. The SMILES string of the molecule is Cc1nsc(NC(=O)Cc2cnn(-c3ccccc3Cl)c2)c1Cl. The van der Waals surface area contributed by atoms with Crippen LogP contribution in [0.1, 0.15) is 11.3 Å². The molecular formula is C15H12Cl2N4OS. The molecule has 0 spiro atoms. The van der Waals surface area contributed by atoms with Gasteiger partial charge in [-0.15, -0.1) is 0 Å². The van der Waals surface area contributed by atoms with Crippen LogP contribution in [0.25, 0.3) is 5.69 Å². The van der Waals surface area contributed by atoms with Crippen molar-refractivity contribution in [1.82, 2.24) is 14.2 Å². The van der Waals surface area contributed by atoms with E-state index in [9.17, 15) is 4.79 Å². The predicted octanol–water partition coefficient (Wildman–Crippen LogP) is 4.13. The lowest BCUT2D eigenvalue weighted by atomic mass is 10.2. The second-order valence-electron chi connectivity index (χ2n) is 4.88. The van der Waals surface area contributed by atoms with Gasteiger partial charge in [0.15, 0.2) is 0 Å². The third-order valence-corrected chi connectivity index (χ3v) is 4.89. The van der Waals surface area contributed by atoms with Crippen LogP contribution in [0.2, 0.25) is 10.0 Å². The van der Waals surface area contributed by atoms with Gasteiger partial charge >= 0.3 is 0 Å². The molecule has 118 valence electrons. The van der Waals surface area contributed by atoms with Crippen LogP contribution in [0.15, 0.2) is 36.7 Å². The molecule has 0 unspecified atom stereocenters. The van der Waals surface area contributed by atoms with Gasteiger partial charge in [-0.1, -0.05) is 35.3 Å². The normalized spacial score (nSPS) is 10.7. The molecule has 8 heteroatoms. The largest absolute Gasteiger partial charge is 0.315 e. The molecule has 3 aromatic rings. The molecule has 0 fully saturated rings. The Morgan fingerprint density at radius 1 is 1.35 bits per heavy atom. The third kappa shape index (κ3) is 3.55. The zero-order valence-electron chi connectivity index (χ0n) is 12.1. The van der Waals surface area contributed by atoms with Crippen LogP contribution in [0.4, 0.5) is 5.00 Å². The molecule has 0 aliphatic rings. The summed E-state index contributed by atoms with van der Waals surface area (Å²) < 4.78 is 5.74. The van der Waals surface area contributed by atoms with Crippen LogP contribution in [0, 0.1) is 6.92 Å². The molecule has 0 saturated heterocycles. The Kier molecular flexibility index (Phi) is 4.66. The van der Waals surface area contributed by atoms with Crippen molar-refractivity contribution in [1.29, 1.82) is 0 Å². The van der Waals surface area contributed by atoms with Crippen molar-refractivity contribution in [3.63, 3.8) is 0 Å². The first kappa shape index (κ1) is 16.0. The van der Waals surface area contributed by atoms with E-state index in [-0.39, 0.29) is 12.3 Å². The minimum Gasteiger partial charge on any atom is -0.315 e. The number of benzene rings is 1. The van der Waals surface area contributed by atoms with E-state index in [2.05, 4.69) is 14.8 Å². The number of carbonyl (C=O) groups excluding carboxylic acids is 1. The molecule has 1 aromatic carbocycles. The highest BCUT2D eigenvalue weighted by Gasteiger charge is 2.13. The molecule has 0 aliphatic heterocycles. The van der Waals surface area contributed by atoms with Gasteiger partial charge in [0.05, 0.1) is 34.0 Å². The summed E-state index contributed by atoms with van der Waals surface area (Å²) >= 11 is 13.4. The van der Waals surface area contributed by atoms with Crippen molar-refractivity contribution in [3.8, 4) is 5.69 Å². The minimum atomic E-state index is -0.172. The number of aromatic nitrogens is 3. The Hall–Kier alpha value is -1.89. The lowest BCUT2D eigenvalue weighted by molar-refractivity contribution is -0.115. The fourth-order valence-corrected chi connectivity index (χ4v) is 3.19. The molecule has 3 rings (SSSR count). The molecule has 0 aliphatic carbocycles. The highest BCUT2D eigenvalue weighted by molar-refractivity contribution is 7.11. The number of para-hydroxylation sites is 1. The number of carbonyl (C=O) groups is 1. The summed E-state index contributed by atoms with van der Waals surface area (Å²) in [4.78, 5) is 12.1. The number of hydrogen-bond acceptors (Lipinski definition) is 4. The molecule has 0 atom stereocenters. The Balaban J connectivity index is 1.71. The van der Waals surface area contributed by atoms with Crippen LogP contribution in [0.5, 0.6) is 0 Å². The van der Waals surface area contributed by atoms with Crippen molar-refractivity contribution in [2.45, 2.75) is 13.3 Å². The van der Waals surface area contributed by atoms with E-state index >= 15 is 0 Å². The number of amides is 1. The second kappa shape index (κ2) is 6.70. The van der Waals surface area contributed by atoms with Crippen molar-refractivity contribution < 1.29 is 4.79 Å². The van der Waals surface area contributed by atoms with E-state index in [1.54, 1.807) is 30.1 Å². The summed E-state index contributed by atoms with van der Waals surface area (Å²) in [6.07, 6.45) is 3.61. The standard InChI is InChI=1S/C15H12Cl2N4OS/c1-9-14(17)15(23-20-9)19-13(22)6-10-7-18-21(8-10)12-5-3-2-4-11(12)16/h2-5,7-8H,6H2,1H3,(H,19,22). The first-order valence-electron chi connectivity index (χ1n) is 6.74. The minimum absolute atomic E-state index is 0.172. The summed E-state index contributed by atoms with van der Waals surface area (Å²) in [6.45, 7) is 1.79. The van der Waals surface area contributed by atoms with Gasteiger partial charge in [0, 0.05) is 6.20 Å². The van der Waals surface area contributed by atoms with Gasteiger partial charge in [-0.2, -0.15) is 9.47 Å². The maximum atomic E-state index is 12.1. The van der Waals surface area contributed by atoms with Crippen molar-refractivity contribution in [2.75, 3.05) is 5.32 Å². The maximum Gasteiger partial charge on any atom is 0.229 e. The summed E-state index contributed by atoms with van der Waals surface area (Å²) in [5.41, 5.74) is 2.25. The number of halogens is 2. The maximum absolute atomic E-state index is 12.1. The Morgan fingerprint density at radius 3 is 2.83 bits per heavy atom. The van der Waals surface area contributed by atoms with Gasteiger partial charge in [-0.3, -0.25) is 4.79 Å². The van der Waals surface area contributed by atoms with Gasteiger partial charge in [-0.25, -0.2) is 4.68 Å². The van der Waals surface area contributed by atoms with Gasteiger partial charge in [0.25, 0.3) is 0 Å². The number of nitrogens with one attached hydrogen (secondary N) is 1. The molecule has 23 heavy (non-hydrogen) atoms. The van der Waals surface area contributed by atoms with E-state index in [1.165, 1.54) is 11.5 Å². The number of hydrogen-bond donors (Lipinski definition) is 1. The van der Waals surface area contributed by atoms with Crippen LogP contribution >= 0.6 is 34.7 Å². The van der Waals surface area contributed by atoms with Gasteiger partial charge < -0.3 is 5.32 Å². The topological polar surface area (TPSA) is 59.8 Å². The lowest BCUT2D eigenvalue weighted by Gasteiger charge is -2.03. The fourth-order valence-electron chi connectivity index (χ4n) is 2.01. The Bertz CT molecular complexity index is 859. The van der Waals surface area contributed by atoms with Crippen LogP contribution in [-0.2, 0) is 11.2 Å². The van der Waals surface area contributed by atoms with E-state index in [4.69, 9.17) is 23.2 Å². The number of nitrogens with zero attached hydrogens (tertiary/aromatic N) is 3. The smallest absolute Gasteiger partial charge is 0.229 e. The summed E-state index contributed by atoms with van der Waals surface area (Å²) in [6, 6.07) is 7.38. The average molecular weight is 367 g/mol. The van der Waals surface area contributed by atoms with Crippen LogP contribution < -0.4 is 5.32 Å². The molecule has 1 amide bonds. The average Bonchev–Trinajstić information content (AvgIpc) is 3.10. The van der Waals surface area contributed by atoms with Crippen molar-refractivity contribution >= 4 is 45.6 Å². The van der Waals surface area contributed by atoms with E-state index in [0.717, 1.165) is 11.3 Å². The monoisotopic (exact) mass is 366 g/mol. The zero-order valence-corrected chi connectivity index (χ0v) is 14.4. The first-order chi connectivity index (χ1) is 11.0. The van der Waals surface area contributed by atoms with E-state index in [1.807, 2.05) is 18.2 Å². The highest BCUT2D eigenvalue weighted by Crippen LogP contribution is 2.29. The second-order valence-corrected chi connectivity index (χ2v) is 6.44. The van der Waals surface area contributed by atoms with Gasteiger partial charge in [0.2, 0.25) is 5.91 Å². The molecule has 5 nitrogen and oxygen atoms in total. The quantitative estimate of drug-likeness (QED) is 0.755. The lowest BCUT2D eigenvalue weighted by Crippen LogP contribution is -2.13. The molecule has 0 radical (unpaired) electrons. The summed E-state index contributed by atoms with van der Waals surface area (Å²) in [7, 11) is 0. The fraction of sp³-hybridized carbons (Fsp3) is 0.133. The molecule has 0 saturated carbocycles. The van der Waals surface area contributed by atoms with E-state index in [0.29, 0.717) is 20.7 Å². The number of rotatable bonds is 4. The van der Waals surface area contributed by atoms with Crippen LogP contribution in [-0.4, -0.2) is 20.1 Å². The van der Waals surface area contributed by atoms with E-state index < -0.39 is 0 Å². The van der Waals surface area contributed by atoms with Gasteiger partial charge in [0.1, 0.15) is 5.00 Å². The van der Waals surface area contributed by atoms with Crippen molar-refractivity contribution in [2.24, 2.45) is 0 Å². The highest BCUT2D eigenvalue weighted by atomic mass is 35.5. The zero-order chi connectivity index (χ0) is 16.4. The van der Waals surface area contributed by atoms with Crippen LogP contribution in [0.3, 0.4) is 0 Å². The number of aryl methyl sites for hydroxylation is 1. The number of anilines is 1. The summed E-state index contributed by atoms with van der Waals surface area (Å²) in [5.74, 6) is -0.172. The molecule has 0 bridgehead atoms. The Morgan fingerprint density at radius 2 is 2.13 bits per heavy atom. The van der Waals surface area contributed by atoms with Gasteiger partial charge in [-0.05, 0) is 36.2 Å².